The fourth-order valence-electron chi connectivity index (χ4n) is 4.67. The zero-order chi connectivity index (χ0) is 26.5. The van der Waals surface area contributed by atoms with E-state index in [2.05, 4.69) is 45.0 Å². The van der Waals surface area contributed by atoms with Crippen LogP contribution in [0.25, 0.3) is 0 Å². The number of aliphatic hydroxyl groups is 1. The van der Waals surface area contributed by atoms with E-state index in [9.17, 15) is 9.50 Å². The Balaban J connectivity index is 1.52. The van der Waals surface area contributed by atoms with Crippen molar-refractivity contribution in [1.29, 1.82) is 0 Å². The Labute approximate surface area is 224 Å². The maximum Gasteiger partial charge on any atom is 0.261 e. The minimum atomic E-state index is -2.75. The molecule has 0 radical (unpaired) electrons. The quantitative estimate of drug-likeness (QED) is 0.244. The summed E-state index contributed by atoms with van der Waals surface area (Å²) in [6.45, 7) is 6.79. The van der Waals surface area contributed by atoms with E-state index in [0.717, 1.165) is 10.4 Å². The Morgan fingerprint density at radius 2 is 1.38 bits per heavy atom. The molecular formula is C31H32ClFO3Si. The highest BCUT2D eigenvalue weighted by Crippen LogP contribution is 2.37. The molecule has 0 spiro atoms. The third-order valence-electron chi connectivity index (χ3n) is 6.58. The first kappa shape index (κ1) is 27.1. The molecule has 0 saturated carbocycles. The summed E-state index contributed by atoms with van der Waals surface area (Å²) in [4.78, 5) is 0. The first-order valence-electron chi connectivity index (χ1n) is 12.3. The summed E-state index contributed by atoms with van der Waals surface area (Å²) in [5, 5.41) is 13.6. The van der Waals surface area contributed by atoms with Crippen molar-refractivity contribution >= 4 is 30.3 Å². The SMILES string of the molecule is CC(C)(C)[Si](OCC(O)c1ccc(OCc2c(F)cccc2Cl)cc1)(c1ccccc1)c1ccccc1. The predicted octanol–water partition coefficient (Wildman–Crippen LogP) is 6.67. The van der Waals surface area contributed by atoms with Crippen molar-refractivity contribution in [2.75, 3.05) is 6.61 Å². The Bertz CT molecular complexity index is 1230. The van der Waals surface area contributed by atoms with Crippen LogP contribution in [-0.2, 0) is 11.0 Å². The van der Waals surface area contributed by atoms with E-state index in [4.69, 9.17) is 20.8 Å². The van der Waals surface area contributed by atoms with E-state index in [-0.39, 0.29) is 18.3 Å². The van der Waals surface area contributed by atoms with Crippen LogP contribution in [0.15, 0.2) is 103 Å². The van der Waals surface area contributed by atoms with Crippen LogP contribution in [0.4, 0.5) is 4.39 Å². The Kier molecular flexibility index (Phi) is 8.50. The van der Waals surface area contributed by atoms with Gasteiger partial charge >= 0.3 is 0 Å². The van der Waals surface area contributed by atoms with Gasteiger partial charge in [0.25, 0.3) is 8.32 Å². The topological polar surface area (TPSA) is 38.7 Å². The summed E-state index contributed by atoms with van der Waals surface area (Å²) in [5.41, 5.74) is 1.03. The summed E-state index contributed by atoms with van der Waals surface area (Å²) < 4.78 is 26.6. The van der Waals surface area contributed by atoms with Crippen molar-refractivity contribution in [3.63, 3.8) is 0 Å². The average Bonchev–Trinajstić information content (AvgIpc) is 2.89. The maximum atomic E-state index is 14.0. The van der Waals surface area contributed by atoms with Crippen LogP contribution in [0.1, 0.15) is 38.0 Å². The van der Waals surface area contributed by atoms with Gasteiger partial charge in [-0.15, -0.1) is 0 Å². The van der Waals surface area contributed by atoms with Crippen molar-refractivity contribution < 1.29 is 18.7 Å². The molecule has 1 unspecified atom stereocenters. The van der Waals surface area contributed by atoms with Gasteiger partial charge in [-0.05, 0) is 45.2 Å². The molecule has 3 nitrogen and oxygen atoms in total. The number of rotatable bonds is 9. The first-order valence-corrected chi connectivity index (χ1v) is 14.6. The van der Waals surface area contributed by atoms with Gasteiger partial charge < -0.3 is 14.3 Å². The Morgan fingerprint density at radius 1 is 0.811 bits per heavy atom. The van der Waals surface area contributed by atoms with E-state index in [1.807, 2.05) is 36.4 Å². The number of benzene rings is 4. The van der Waals surface area contributed by atoms with E-state index in [1.165, 1.54) is 6.07 Å². The lowest BCUT2D eigenvalue weighted by Crippen LogP contribution is -2.66. The van der Waals surface area contributed by atoms with Gasteiger partial charge in [0.2, 0.25) is 0 Å². The highest BCUT2D eigenvalue weighted by atomic mass is 35.5. The Hall–Kier alpha value is -2.96. The summed E-state index contributed by atoms with van der Waals surface area (Å²) in [7, 11) is -2.75. The minimum absolute atomic E-state index is 0.0182. The monoisotopic (exact) mass is 534 g/mol. The van der Waals surface area contributed by atoms with E-state index < -0.39 is 20.2 Å². The third kappa shape index (κ3) is 5.97. The summed E-state index contributed by atoms with van der Waals surface area (Å²) in [6.07, 6.45) is -0.822. The molecule has 192 valence electrons. The predicted molar refractivity (Wildman–Crippen MR) is 151 cm³/mol. The normalized spacial score (nSPS) is 12.8. The second kappa shape index (κ2) is 11.6. The summed E-state index contributed by atoms with van der Waals surface area (Å²) >= 11 is 6.09. The molecular weight excluding hydrogens is 503 g/mol. The fourth-order valence-corrected chi connectivity index (χ4v) is 9.45. The number of ether oxygens (including phenoxy) is 1. The second-order valence-electron chi connectivity index (χ2n) is 10.0. The highest BCUT2D eigenvalue weighted by Gasteiger charge is 2.50. The molecule has 0 aliphatic carbocycles. The van der Waals surface area contributed by atoms with Crippen LogP contribution in [-0.4, -0.2) is 20.0 Å². The van der Waals surface area contributed by atoms with Crippen LogP contribution in [0.2, 0.25) is 10.1 Å². The molecule has 4 aromatic rings. The fraction of sp³-hybridized carbons (Fsp3) is 0.226. The number of hydrogen-bond acceptors (Lipinski definition) is 3. The Morgan fingerprint density at radius 3 is 1.89 bits per heavy atom. The molecule has 6 heteroatoms. The molecule has 0 fully saturated rings. The molecule has 0 bridgehead atoms. The minimum Gasteiger partial charge on any atom is -0.489 e. The number of hydrogen-bond donors (Lipinski definition) is 1. The third-order valence-corrected chi connectivity index (χ3v) is 11.9. The van der Waals surface area contributed by atoms with Gasteiger partial charge in [0.1, 0.15) is 24.3 Å². The number of aliphatic hydroxyl groups excluding tert-OH is 1. The van der Waals surface area contributed by atoms with Crippen molar-refractivity contribution in [2.24, 2.45) is 0 Å². The molecule has 1 atom stereocenters. The van der Waals surface area contributed by atoms with Gasteiger partial charge in [-0.1, -0.05) is 111 Å². The molecule has 0 aromatic heterocycles. The van der Waals surface area contributed by atoms with Crippen molar-refractivity contribution in [1.82, 2.24) is 0 Å². The summed E-state index contributed by atoms with van der Waals surface area (Å²) in [6, 6.07) is 32.4. The lowest BCUT2D eigenvalue weighted by Gasteiger charge is -2.43. The lowest BCUT2D eigenvalue weighted by molar-refractivity contribution is 0.103. The van der Waals surface area contributed by atoms with Crippen LogP contribution >= 0.6 is 11.6 Å². The van der Waals surface area contributed by atoms with Gasteiger partial charge in [-0.2, -0.15) is 0 Å². The number of halogens is 2. The van der Waals surface area contributed by atoms with E-state index in [0.29, 0.717) is 21.9 Å². The highest BCUT2D eigenvalue weighted by molar-refractivity contribution is 6.99. The van der Waals surface area contributed by atoms with Gasteiger partial charge in [0, 0.05) is 5.56 Å². The molecule has 0 aliphatic rings. The average molecular weight is 535 g/mol. The van der Waals surface area contributed by atoms with Crippen molar-refractivity contribution in [3.05, 3.63) is 125 Å². The maximum absolute atomic E-state index is 14.0. The zero-order valence-electron chi connectivity index (χ0n) is 21.3. The largest absolute Gasteiger partial charge is 0.489 e. The van der Waals surface area contributed by atoms with Crippen molar-refractivity contribution in [2.45, 2.75) is 38.5 Å². The van der Waals surface area contributed by atoms with Gasteiger partial charge in [-0.25, -0.2) is 4.39 Å². The molecule has 0 heterocycles. The summed E-state index contributed by atoms with van der Waals surface area (Å²) in [5.74, 6) is 0.156. The van der Waals surface area contributed by atoms with Gasteiger partial charge in [-0.3, -0.25) is 0 Å². The lowest BCUT2D eigenvalue weighted by atomic mass is 10.1. The van der Waals surface area contributed by atoms with Gasteiger partial charge in [0.05, 0.1) is 11.6 Å². The molecule has 0 amide bonds. The standard InChI is InChI=1S/C31H32ClFO3Si/c1-31(2,3)37(25-11-6-4-7-12-25,26-13-8-5-9-14-26)36-22-30(34)23-17-19-24(20-18-23)35-21-27-28(32)15-10-16-29(27)33/h4-20,30,34H,21-22H2,1-3H3. The van der Waals surface area contributed by atoms with Crippen LogP contribution in [0.3, 0.4) is 0 Å². The van der Waals surface area contributed by atoms with Crippen LogP contribution in [0, 0.1) is 5.82 Å². The van der Waals surface area contributed by atoms with Crippen LogP contribution < -0.4 is 15.1 Å². The zero-order valence-corrected chi connectivity index (χ0v) is 23.1. The van der Waals surface area contributed by atoms with Crippen molar-refractivity contribution in [3.8, 4) is 5.75 Å². The second-order valence-corrected chi connectivity index (χ2v) is 14.8. The van der Waals surface area contributed by atoms with E-state index in [1.54, 1.807) is 36.4 Å². The van der Waals surface area contributed by atoms with Crippen LogP contribution in [0.5, 0.6) is 5.75 Å². The molecule has 4 rings (SSSR count). The molecule has 1 N–H and O–H groups in total. The molecule has 4 aromatic carbocycles. The van der Waals surface area contributed by atoms with E-state index >= 15 is 0 Å². The smallest absolute Gasteiger partial charge is 0.261 e. The van der Waals surface area contributed by atoms with Gasteiger partial charge in [0.15, 0.2) is 0 Å². The first-order chi connectivity index (χ1) is 17.7. The molecule has 0 saturated heterocycles. The molecule has 37 heavy (non-hydrogen) atoms. The molecule has 0 aliphatic heterocycles.